The summed E-state index contributed by atoms with van der Waals surface area (Å²) in [5, 5.41) is 11.5. The SMILES string of the molecule is CC1(C)OCC2O[C@@]3(C(=O)[O-])OC(C)(C)O[C@H]3[C@@H]2O1.[Na+]. The Hall–Kier alpha value is 0.270. The number of carboxylic acid groups (broad SMARTS) is 1. The van der Waals surface area contributed by atoms with Crippen molar-refractivity contribution >= 4 is 5.97 Å². The predicted molar refractivity (Wildman–Crippen MR) is 57.6 cm³/mol. The third-order valence-corrected chi connectivity index (χ3v) is 3.47. The van der Waals surface area contributed by atoms with Gasteiger partial charge in [-0.15, -0.1) is 0 Å². The maximum absolute atomic E-state index is 11.5. The number of rotatable bonds is 1. The van der Waals surface area contributed by atoms with E-state index >= 15 is 0 Å². The molecule has 0 amide bonds. The van der Waals surface area contributed by atoms with Crippen LogP contribution in [0.1, 0.15) is 27.7 Å². The van der Waals surface area contributed by atoms with Crippen molar-refractivity contribution in [3.05, 3.63) is 0 Å². The molecule has 3 aliphatic heterocycles. The van der Waals surface area contributed by atoms with Gasteiger partial charge in [-0.2, -0.15) is 0 Å². The molecule has 3 aliphatic rings. The monoisotopic (exact) mass is 296 g/mol. The molecule has 108 valence electrons. The fourth-order valence-corrected chi connectivity index (χ4v) is 2.81. The van der Waals surface area contributed by atoms with Crippen LogP contribution in [0, 0.1) is 0 Å². The number of aliphatic carboxylic acids is 1. The van der Waals surface area contributed by atoms with Crippen LogP contribution in [0.25, 0.3) is 0 Å². The van der Waals surface area contributed by atoms with E-state index in [0.29, 0.717) is 0 Å². The van der Waals surface area contributed by atoms with Gasteiger partial charge >= 0.3 is 29.6 Å². The van der Waals surface area contributed by atoms with E-state index in [0.717, 1.165) is 0 Å². The number of carbonyl (C=O) groups is 1. The maximum atomic E-state index is 11.5. The zero-order valence-corrected chi connectivity index (χ0v) is 14.3. The summed E-state index contributed by atoms with van der Waals surface area (Å²) in [5.74, 6) is -5.27. The quantitative estimate of drug-likeness (QED) is 0.458. The first-order chi connectivity index (χ1) is 8.65. The van der Waals surface area contributed by atoms with Crippen LogP contribution in [0.15, 0.2) is 0 Å². The largest absolute Gasteiger partial charge is 1.00 e. The average Bonchev–Trinajstić information content (AvgIpc) is 2.67. The Morgan fingerprint density at radius 2 is 1.75 bits per heavy atom. The number of hydrogen-bond donors (Lipinski definition) is 0. The minimum Gasteiger partial charge on any atom is -0.544 e. The molecular formula is C12H17NaO7. The molecule has 0 aromatic heterocycles. The van der Waals surface area contributed by atoms with Gasteiger partial charge in [0.15, 0.2) is 11.6 Å². The molecule has 0 saturated carbocycles. The summed E-state index contributed by atoms with van der Waals surface area (Å²) in [6.07, 6.45) is -1.99. The number of hydrogen-bond acceptors (Lipinski definition) is 7. The molecule has 7 nitrogen and oxygen atoms in total. The molecule has 0 aliphatic carbocycles. The summed E-state index contributed by atoms with van der Waals surface area (Å²) < 4.78 is 27.8. The second-order valence-corrected chi connectivity index (χ2v) is 5.94. The zero-order valence-electron chi connectivity index (χ0n) is 12.3. The molecule has 0 bridgehead atoms. The topological polar surface area (TPSA) is 86.3 Å². The second kappa shape index (κ2) is 4.89. The van der Waals surface area contributed by atoms with Crippen molar-refractivity contribution in [3.8, 4) is 0 Å². The summed E-state index contributed by atoms with van der Waals surface area (Å²) in [7, 11) is 0. The molecule has 8 heteroatoms. The van der Waals surface area contributed by atoms with E-state index in [1.165, 1.54) is 0 Å². The van der Waals surface area contributed by atoms with Crippen LogP contribution < -0.4 is 34.7 Å². The number of carbonyl (C=O) groups excluding carboxylic acids is 1. The minimum absolute atomic E-state index is 0. The third kappa shape index (κ3) is 2.44. The number of carboxylic acids is 1. The minimum atomic E-state index is -1.93. The summed E-state index contributed by atoms with van der Waals surface area (Å²) in [6, 6.07) is 0. The van der Waals surface area contributed by atoms with Gasteiger partial charge in [0.25, 0.3) is 0 Å². The van der Waals surface area contributed by atoms with Crippen LogP contribution in [0.5, 0.6) is 0 Å². The van der Waals surface area contributed by atoms with Crippen molar-refractivity contribution in [2.75, 3.05) is 6.61 Å². The van der Waals surface area contributed by atoms with Gasteiger partial charge in [0.1, 0.15) is 24.3 Å². The fourth-order valence-electron chi connectivity index (χ4n) is 2.81. The Kier molecular flexibility index (Phi) is 4.07. The van der Waals surface area contributed by atoms with Crippen molar-refractivity contribution in [1.29, 1.82) is 0 Å². The van der Waals surface area contributed by atoms with E-state index < -0.39 is 41.6 Å². The Labute approximate surface area is 139 Å². The summed E-state index contributed by atoms with van der Waals surface area (Å²) in [6.45, 7) is 6.97. The summed E-state index contributed by atoms with van der Waals surface area (Å²) in [5.41, 5.74) is 0. The summed E-state index contributed by atoms with van der Waals surface area (Å²) in [4.78, 5) is 11.5. The van der Waals surface area contributed by atoms with E-state index in [-0.39, 0.29) is 36.2 Å². The van der Waals surface area contributed by atoms with Gasteiger partial charge in [-0.3, -0.25) is 0 Å². The molecule has 3 saturated heterocycles. The van der Waals surface area contributed by atoms with E-state index in [9.17, 15) is 9.90 Å². The van der Waals surface area contributed by atoms with Gasteiger partial charge in [-0.1, -0.05) is 0 Å². The van der Waals surface area contributed by atoms with E-state index in [1.54, 1.807) is 27.7 Å². The van der Waals surface area contributed by atoms with Gasteiger partial charge < -0.3 is 33.6 Å². The van der Waals surface area contributed by atoms with Crippen molar-refractivity contribution in [3.63, 3.8) is 0 Å². The molecule has 20 heavy (non-hydrogen) atoms. The maximum Gasteiger partial charge on any atom is 1.00 e. The fraction of sp³-hybridized carbons (Fsp3) is 0.917. The van der Waals surface area contributed by atoms with Crippen LogP contribution in [-0.4, -0.2) is 48.2 Å². The molecule has 1 unspecified atom stereocenters. The first-order valence-corrected chi connectivity index (χ1v) is 6.24. The smallest absolute Gasteiger partial charge is 0.544 e. The molecule has 0 aromatic rings. The van der Waals surface area contributed by atoms with Crippen LogP contribution in [0.3, 0.4) is 0 Å². The van der Waals surface area contributed by atoms with Gasteiger partial charge in [0.05, 0.1) is 6.61 Å². The van der Waals surface area contributed by atoms with Gasteiger partial charge in [0, 0.05) is 0 Å². The van der Waals surface area contributed by atoms with Crippen LogP contribution in [0.2, 0.25) is 0 Å². The average molecular weight is 296 g/mol. The van der Waals surface area contributed by atoms with E-state index in [4.69, 9.17) is 23.7 Å². The Balaban J connectivity index is 0.00000147. The standard InChI is InChI=1S/C12H18O7.Na/c1-10(2)15-5-6-7(17-10)8-12(16-6,9(13)14)19-11(3,4)18-8;/h6-8H,5H2,1-4H3,(H,13,14);/q;+1/p-1/t6?,7-,8+,12-;/m1./s1. The Morgan fingerprint density at radius 3 is 2.35 bits per heavy atom. The zero-order chi connectivity index (χ0) is 14.1. The molecule has 3 fully saturated rings. The first-order valence-electron chi connectivity index (χ1n) is 6.24. The molecular weight excluding hydrogens is 279 g/mol. The van der Waals surface area contributed by atoms with Gasteiger partial charge in [-0.05, 0) is 27.7 Å². The Morgan fingerprint density at radius 1 is 1.10 bits per heavy atom. The van der Waals surface area contributed by atoms with Crippen molar-refractivity contribution in [2.45, 2.75) is 63.4 Å². The first kappa shape index (κ1) is 16.6. The third-order valence-electron chi connectivity index (χ3n) is 3.47. The van der Waals surface area contributed by atoms with E-state index in [1.807, 2.05) is 0 Å². The van der Waals surface area contributed by atoms with Crippen LogP contribution in [-0.2, 0) is 28.5 Å². The van der Waals surface area contributed by atoms with Gasteiger partial charge in [0.2, 0.25) is 5.79 Å². The molecule has 0 N–H and O–H groups in total. The molecule has 0 radical (unpaired) electrons. The molecule has 0 aromatic carbocycles. The summed E-state index contributed by atoms with van der Waals surface area (Å²) >= 11 is 0. The van der Waals surface area contributed by atoms with Crippen molar-refractivity contribution in [2.24, 2.45) is 0 Å². The predicted octanol–water partition coefficient (Wildman–Crippen LogP) is -3.86. The molecule has 0 spiro atoms. The van der Waals surface area contributed by atoms with Crippen molar-refractivity contribution in [1.82, 2.24) is 0 Å². The molecule has 3 rings (SSSR count). The number of fused-ring (bicyclic) bond motifs is 3. The number of ether oxygens (including phenoxy) is 5. The molecule has 3 heterocycles. The van der Waals surface area contributed by atoms with Gasteiger partial charge in [-0.25, -0.2) is 0 Å². The Bertz CT molecular complexity index is 424. The van der Waals surface area contributed by atoms with Crippen molar-refractivity contribution < 1.29 is 63.1 Å². The molecule has 4 atom stereocenters. The van der Waals surface area contributed by atoms with Crippen LogP contribution >= 0.6 is 0 Å². The normalized spacial score (nSPS) is 44.3. The van der Waals surface area contributed by atoms with E-state index in [2.05, 4.69) is 0 Å². The van der Waals surface area contributed by atoms with Crippen LogP contribution in [0.4, 0.5) is 0 Å². The second-order valence-electron chi connectivity index (χ2n) is 5.94.